The van der Waals surface area contributed by atoms with Crippen molar-refractivity contribution in [2.75, 3.05) is 20.1 Å². The molecule has 2 aromatic heterocycles. The molecule has 2 fully saturated rings. The average molecular weight is 422 g/mol. The molecule has 2 aliphatic rings. The van der Waals surface area contributed by atoms with E-state index in [9.17, 15) is 4.79 Å². The maximum atomic E-state index is 11.7. The van der Waals surface area contributed by atoms with Crippen molar-refractivity contribution < 1.29 is 9.53 Å². The third-order valence-corrected chi connectivity index (χ3v) is 6.96. The van der Waals surface area contributed by atoms with Gasteiger partial charge in [0.1, 0.15) is 11.5 Å². The van der Waals surface area contributed by atoms with Crippen LogP contribution in [0.4, 0.5) is 0 Å². The SMILES string of the molecule is C[C@@H](Oc1cc(-c2cnn(C3CCN(C)CC3)c2)cc2nn(C)cc12)[C@H]1CCC(=O)C1. The fraction of sp³-hybridized carbons (Fsp3) is 0.542. The summed E-state index contributed by atoms with van der Waals surface area (Å²) in [6, 6.07) is 4.68. The molecular weight excluding hydrogens is 390 g/mol. The molecule has 31 heavy (non-hydrogen) atoms. The van der Waals surface area contributed by atoms with Crippen LogP contribution in [-0.2, 0) is 11.8 Å². The second-order valence-corrected chi connectivity index (χ2v) is 9.32. The summed E-state index contributed by atoms with van der Waals surface area (Å²) in [5, 5.41) is 10.3. The summed E-state index contributed by atoms with van der Waals surface area (Å²) in [5.74, 6) is 1.47. The van der Waals surface area contributed by atoms with E-state index in [2.05, 4.69) is 52.1 Å². The van der Waals surface area contributed by atoms with Gasteiger partial charge in [-0.1, -0.05) is 0 Å². The lowest BCUT2D eigenvalue weighted by atomic mass is 10.0. The number of fused-ring (bicyclic) bond motifs is 1. The molecule has 3 aromatic rings. The molecule has 1 aliphatic heterocycles. The first-order valence-corrected chi connectivity index (χ1v) is 11.3. The number of hydrogen-bond acceptors (Lipinski definition) is 5. The van der Waals surface area contributed by atoms with E-state index in [4.69, 9.17) is 4.74 Å². The number of Topliss-reactive ketones (excluding diaryl/α,β-unsaturated/α-hetero) is 1. The van der Waals surface area contributed by atoms with Crippen LogP contribution < -0.4 is 4.74 Å². The van der Waals surface area contributed by atoms with Crippen molar-refractivity contribution in [2.45, 2.75) is 51.2 Å². The number of piperidine rings is 1. The Bertz CT molecular complexity index is 1090. The average Bonchev–Trinajstić information content (AvgIpc) is 3.47. The topological polar surface area (TPSA) is 65.2 Å². The molecule has 0 unspecified atom stereocenters. The van der Waals surface area contributed by atoms with Crippen molar-refractivity contribution in [1.82, 2.24) is 24.5 Å². The lowest BCUT2D eigenvalue weighted by Gasteiger charge is -2.28. The van der Waals surface area contributed by atoms with E-state index in [1.54, 1.807) is 0 Å². The Morgan fingerprint density at radius 2 is 1.90 bits per heavy atom. The number of aromatic nitrogens is 4. The van der Waals surface area contributed by atoms with Gasteiger partial charge in [0.25, 0.3) is 0 Å². The highest BCUT2D eigenvalue weighted by atomic mass is 16.5. The Morgan fingerprint density at radius 1 is 1.10 bits per heavy atom. The van der Waals surface area contributed by atoms with Crippen molar-refractivity contribution in [1.29, 1.82) is 0 Å². The van der Waals surface area contributed by atoms with Gasteiger partial charge < -0.3 is 9.64 Å². The minimum absolute atomic E-state index is 0.00735. The van der Waals surface area contributed by atoms with E-state index < -0.39 is 0 Å². The van der Waals surface area contributed by atoms with Crippen LogP contribution in [0, 0.1) is 5.92 Å². The van der Waals surface area contributed by atoms with Crippen LogP contribution in [0.15, 0.2) is 30.7 Å². The molecule has 0 amide bonds. The van der Waals surface area contributed by atoms with Gasteiger partial charge in [-0.3, -0.25) is 14.2 Å². The summed E-state index contributed by atoms with van der Waals surface area (Å²) in [5.41, 5.74) is 3.06. The van der Waals surface area contributed by atoms with Gasteiger partial charge in [0.2, 0.25) is 0 Å². The molecule has 5 rings (SSSR count). The Kier molecular flexibility index (Phi) is 5.30. The number of hydrogen-bond donors (Lipinski definition) is 0. The molecule has 3 heterocycles. The van der Waals surface area contributed by atoms with Gasteiger partial charge in [0.05, 0.1) is 29.2 Å². The Labute approximate surface area is 183 Å². The largest absolute Gasteiger partial charge is 0.490 e. The highest BCUT2D eigenvalue weighted by Gasteiger charge is 2.29. The number of likely N-dealkylation sites (tertiary alicyclic amines) is 1. The minimum atomic E-state index is -0.00735. The number of ether oxygens (including phenoxy) is 1. The molecule has 1 saturated carbocycles. The number of rotatable bonds is 5. The van der Waals surface area contributed by atoms with Crippen LogP contribution in [0.5, 0.6) is 5.75 Å². The summed E-state index contributed by atoms with van der Waals surface area (Å²) < 4.78 is 10.4. The molecule has 2 atom stereocenters. The number of nitrogens with zero attached hydrogens (tertiary/aromatic N) is 5. The second kappa shape index (κ2) is 8.11. The zero-order valence-corrected chi connectivity index (χ0v) is 18.6. The van der Waals surface area contributed by atoms with E-state index in [1.165, 1.54) is 0 Å². The van der Waals surface area contributed by atoms with Crippen LogP contribution in [-0.4, -0.2) is 56.5 Å². The zero-order valence-electron chi connectivity index (χ0n) is 18.6. The van der Waals surface area contributed by atoms with Gasteiger partial charge in [-0.05, 0) is 64.0 Å². The lowest BCUT2D eigenvalue weighted by molar-refractivity contribution is -0.117. The van der Waals surface area contributed by atoms with Gasteiger partial charge in [-0.2, -0.15) is 10.2 Å². The molecule has 1 aliphatic carbocycles. The monoisotopic (exact) mass is 421 g/mol. The van der Waals surface area contributed by atoms with E-state index in [1.807, 2.05) is 24.1 Å². The van der Waals surface area contributed by atoms with Crippen LogP contribution in [0.1, 0.15) is 45.1 Å². The molecule has 0 spiro atoms. The van der Waals surface area contributed by atoms with Crippen molar-refractivity contribution in [3.05, 3.63) is 30.7 Å². The van der Waals surface area contributed by atoms with Gasteiger partial charge in [-0.25, -0.2) is 0 Å². The normalized spacial score (nSPS) is 21.8. The van der Waals surface area contributed by atoms with E-state index in [-0.39, 0.29) is 12.0 Å². The zero-order chi connectivity index (χ0) is 21.5. The highest BCUT2D eigenvalue weighted by molar-refractivity contribution is 5.89. The Balaban J connectivity index is 1.44. The van der Waals surface area contributed by atoms with Crippen molar-refractivity contribution in [2.24, 2.45) is 13.0 Å². The Morgan fingerprint density at radius 3 is 2.65 bits per heavy atom. The summed E-state index contributed by atoms with van der Waals surface area (Å²) in [7, 11) is 4.11. The van der Waals surface area contributed by atoms with E-state index in [0.717, 1.165) is 60.1 Å². The maximum absolute atomic E-state index is 11.7. The van der Waals surface area contributed by atoms with Gasteiger partial charge in [0, 0.05) is 43.8 Å². The molecule has 1 saturated heterocycles. The van der Waals surface area contributed by atoms with Crippen LogP contribution in [0.3, 0.4) is 0 Å². The predicted octanol–water partition coefficient (Wildman–Crippen LogP) is 3.84. The fourth-order valence-electron chi connectivity index (χ4n) is 4.96. The quantitative estimate of drug-likeness (QED) is 0.626. The number of benzene rings is 1. The first-order chi connectivity index (χ1) is 15.0. The second-order valence-electron chi connectivity index (χ2n) is 9.32. The molecule has 0 radical (unpaired) electrons. The molecule has 0 bridgehead atoms. The minimum Gasteiger partial charge on any atom is -0.490 e. The summed E-state index contributed by atoms with van der Waals surface area (Å²) in [6.45, 7) is 4.30. The number of carbonyl (C=O) groups excluding carboxylic acids is 1. The third-order valence-electron chi connectivity index (χ3n) is 6.96. The van der Waals surface area contributed by atoms with Crippen molar-refractivity contribution in [3.8, 4) is 16.9 Å². The molecular formula is C24H31N5O2. The van der Waals surface area contributed by atoms with Gasteiger partial charge >= 0.3 is 0 Å². The first-order valence-electron chi connectivity index (χ1n) is 11.3. The third kappa shape index (κ3) is 4.11. The van der Waals surface area contributed by atoms with Crippen LogP contribution >= 0.6 is 0 Å². The highest BCUT2D eigenvalue weighted by Crippen LogP contribution is 2.35. The van der Waals surface area contributed by atoms with Crippen molar-refractivity contribution in [3.63, 3.8) is 0 Å². The van der Waals surface area contributed by atoms with Gasteiger partial charge in [0.15, 0.2) is 0 Å². The number of aryl methyl sites for hydroxylation is 1. The lowest BCUT2D eigenvalue weighted by Crippen LogP contribution is -2.31. The van der Waals surface area contributed by atoms with Crippen LogP contribution in [0.2, 0.25) is 0 Å². The fourth-order valence-corrected chi connectivity index (χ4v) is 4.96. The first kappa shape index (κ1) is 20.2. The number of ketones is 1. The molecule has 7 nitrogen and oxygen atoms in total. The maximum Gasteiger partial charge on any atom is 0.133 e. The predicted molar refractivity (Wildman–Crippen MR) is 120 cm³/mol. The molecule has 164 valence electrons. The van der Waals surface area contributed by atoms with Crippen LogP contribution in [0.25, 0.3) is 22.0 Å². The smallest absolute Gasteiger partial charge is 0.133 e. The summed E-state index contributed by atoms with van der Waals surface area (Å²) in [6.07, 6.45) is 10.6. The molecule has 7 heteroatoms. The standard InChI is InChI=1S/C24H31N5O2/c1-16(17-4-5-21(30)10-17)31-24-12-18(11-23-22(24)15-28(3)26-23)19-13-25-29(14-19)20-6-8-27(2)9-7-20/h11-17,20H,4-10H2,1-3H3/t16-,17+/m1/s1. The van der Waals surface area contributed by atoms with E-state index >= 15 is 0 Å². The molecule has 0 N–H and O–H groups in total. The number of carbonyl (C=O) groups is 1. The Hall–Kier alpha value is -2.67. The molecule has 1 aromatic carbocycles. The summed E-state index contributed by atoms with van der Waals surface area (Å²) >= 11 is 0. The van der Waals surface area contributed by atoms with E-state index in [0.29, 0.717) is 24.7 Å². The van der Waals surface area contributed by atoms with Crippen molar-refractivity contribution >= 4 is 16.7 Å². The van der Waals surface area contributed by atoms with Gasteiger partial charge in [-0.15, -0.1) is 0 Å². The summed E-state index contributed by atoms with van der Waals surface area (Å²) in [4.78, 5) is 14.1.